The van der Waals surface area contributed by atoms with Gasteiger partial charge in [0.1, 0.15) is 19.3 Å². The molecule has 1 fully saturated rings. The summed E-state index contributed by atoms with van der Waals surface area (Å²) in [5, 5.41) is 3.49. The van der Waals surface area contributed by atoms with Crippen LogP contribution in [-0.4, -0.2) is 60.6 Å². The Morgan fingerprint density at radius 1 is 1.07 bits per heavy atom. The van der Waals surface area contributed by atoms with E-state index in [0.29, 0.717) is 49.3 Å². The van der Waals surface area contributed by atoms with Crippen LogP contribution in [0.1, 0.15) is 5.56 Å². The van der Waals surface area contributed by atoms with Crippen LogP contribution in [0.15, 0.2) is 48.5 Å². The predicted octanol–water partition coefficient (Wildman–Crippen LogP) is 2.53. The van der Waals surface area contributed by atoms with Crippen LogP contribution in [0.2, 0.25) is 5.02 Å². The molecule has 1 saturated heterocycles. The number of ether oxygens (including phenoxy) is 2. The van der Waals surface area contributed by atoms with E-state index in [0.717, 1.165) is 5.56 Å². The highest BCUT2D eigenvalue weighted by Gasteiger charge is 2.30. The number of nitrogens with zero attached hydrogens (tertiary/aromatic N) is 2. The monoisotopic (exact) mass is 415 g/mol. The number of carbonyl (C=O) groups excluding carboxylic acids is 2. The Morgan fingerprint density at radius 2 is 1.79 bits per heavy atom. The Kier molecular flexibility index (Phi) is 5.76. The van der Waals surface area contributed by atoms with Gasteiger partial charge in [0.15, 0.2) is 11.5 Å². The molecule has 2 aromatic rings. The van der Waals surface area contributed by atoms with E-state index in [9.17, 15) is 9.59 Å². The average Bonchev–Trinajstić information content (AvgIpc) is 3.07. The number of hydrogen-bond donors (Lipinski definition) is 1. The van der Waals surface area contributed by atoms with Crippen molar-refractivity contribution in [3.63, 3.8) is 0 Å². The van der Waals surface area contributed by atoms with Crippen LogP contribution in [0, 0.1) is 0 Å². The number of rotatable bonds is 6. The zero-order chi connectivity index (χ0) is 20.2. The maximum absolute atomic E-state index is 12.6. The van der Waals surface area contributed by atoms with Gasteiger partial charge in [-0.25, -0.2) is 4.79 Å². The molecule has 0 radical (unpaired) electrons. The molecule has 2 heterocycles. The van der Waals surface area contributed by atoms with Gasteiger partial charge in [-0.1, -0.05) is 35.9 Å². The molecule has 7 nitrogen and oxygen atoms in total. The maximum Gasteiger partial charge on any atom is 0.320 e. The molecule has 3 amide bonds. The van der Waals surface area contributed by atoms with Crippen LogP contribution in [0.5, 0.6) is 11.5 Å². The van der Waals surface area contributed by atoms with Crippen molar-refractivity contribution in [2.45, 2.75) is 12.6 Å². The minimum Gasteiger partial charge on any atom is -0.486 e. The van der Waals surface area contributed by atoms with E-state index in [1.165, 1.54) is 0 Å². The van der Waals surface area contributed by atoms with E-state index in [2.05, 4.69) is 5.32 Å². The molecule has 0 unspecified atom stereocenters. The molecular weight excluding hydrogens is 394 g/mol. The number of amides is 3. The van der Waals surface area contributed by atoms with Gasteiger partial charge in [-0.05, 0) is 29.8 Å². The topological polar surface area (TPSA) is 71.1 Å². The van der Waals surface area contributed by atoms with Crippen LogP contribution in [0.25, 0.3) is 0 Å². The van der Waals surface area contributed by atoms with E-state index in [1.807, 2.05) is 36.4 Å². The summed E-state index contributed by atoms with van der Waals surface area (Å²) in [6.45, 7) is 2.33. The molecule has 152 valence electrons. The summed E-state index contributed by atoms with van der Waals surface area (Å²) in [4.78, 5) is 28.1. The molecule has 2 aromatic carbocycles. The lowest BCUT2D eigenvalue weighted by Gasteiger charge is -2.26. The Balaban J connectivity index is 1.23. The van der Waals surface area contributed by atoms with Gasteiger partial charge < -0.3 is 24.6 Å². The smallest absolute Gasteiger partial charge is 0.320 e. The van der Waals surface area contributed by atoms with Crippen LogP contribution in [0.3, 0.4) is 0 Å². The summed E-state index contributed by atoms with van der Waals surface area (Å²) in [5.41, 5.74) is 1.00. The van der Waals surface area contributed by atoms with Gasteiger partial charge in [0.25, 0.3) is 0 Å². The van der Waals surface area contributed by atoms with Gasteiger partial charge in [-0.3, -0.25) is 4.79 Å². The first kappa shape index (κ1) is 19.4. The molecule has 0 saturated carbocycles. The second-order valence-corrected chi connectivity index (χ2v) is 7.49. The fraction of sp³-hybridized carbons (Fsp3) is 0.333. The third kappa shape index (κ3) is 4.74. The van der Waals surface area contributed by atoms with Gasteiger partial charge in [-0.15, -0.1) is 0 Å². The highest BCUT2D eigenvalue weighted by molar-refractivity contribution is 6.30. The van der Waals surface area contributed by atoms with Crippen LogP contribution >= 0.6 is 11.6 Å². The molecule has 29 heavy (non-hydrogen) atoms. The molecule has 0 aromatic heterocycles. The summed E-state index contributed by atoms with van der Waals surface area (Å²) in [5.74, 6) is 1.17. The van der Waals surface area contributed by atoms with Crippen molar-refractivity contribution in [3.05, 3.63) is 59.1 Å². The van der Waals surface area contributed by atoms with Gasteiger partial charge in [0, 0.05) is 24.7 Å². The zero-order valence-electron chi connectivity index (χ0n) is 15.8. The fourth-order valence-electron chi connectivity index (χ4n) is 3.36. The van der Waals surface area contributed by atoms with Gasteiger partial charge in [0.2, 0.25) is 5.91 Å². The van der Waals surface area contributed by atoms with Crippen molar-refractivity contribution in [2.24, 2.45) is 0 Å². The highest BCUT2D eigenvalue weighted by Crippen LogP contribution is 2.30. The largest absolute Gasteiger partial charge is 0.486 e. The Bertz CT molecular complexity index is 890. The van der Waals surface area contributed by atoms with Crippen molar-refractivity contribution in [1.29, 1.82) is 0 Å². The van der Waals surface area contributed by atoms with E-state index >= 15 is 0 Å². The van der Waals surface area contributed by atoms with Gasteiger partial charge in [0.05, 0.1) is 6.54 Å². The van der Waals surface area contributed by atoms with Gasteiger partial charge >= 0.3 is 6.03 Å². The first-order valence-electron chi connectivity index (χ1n) is 9.52. The van der Waals surface area contributed by atoms with Crippen LogP contribution < -0.4 is 14.8 Å². The molecule has 4 rings (SSSR count). The number of urea groups is 1. The summed E-state index contributed by atoms with van der Waals surface area (Å²) in [6, 6.07) is 14.7. The molecule has 0 spiro atoms. The summed E-state index contributed by atoms with van der Waals surface area (Å²) in [7, 11) is 0. The lowest BCUT2D eigenvalue weighted by Crippen LogP contribution is -2.45. The molecule has 0 aliphatic carbocycles. The number of nitrogens with one attached hydrogen (secondary N) is 1. The first-order valence-corrected chi connectivity index (χ1v) is 9.90. The lowest BCUT2D eigenvalue weighted by molar-refractivity contribution is -0.122. The molecular formula is C21H22ClN3O4. The fourth-order valence-corrected chi connectivity index (χ4v) is 3.48. The molecule has 1 N–H and O–H groups in total. The SMILES string of the molecule is O=C(CN1CCN(Cc2ccc(Cl)cc2)C1=O)NC[C@@H]1COc2ccccc2O1. The van der Waals surface area contributed by atoms with Crippen molar-refractivity contribution in [3.8, 4) is 11.5 Å². The number of carbonyl (C=O) groups is 2. The standard InChI is InChI=1S/C21H22ClN3O4/c22-16-7-5-15(6-8-16)12-24-9-10-25(21(24)27)13-20(26)23-11-17-14-28-18-3-1-2-4-19(18)29-17/h1-8,17H,9-14H2,(H,23,26)/t17-/m1/s1. The van der Waals surface area contributed by atoms with E-state index in [-0.39, 0.29) is 24.6 Å². The number of benzene rings is 2. The molecule has 2 aliphatic heterocycles. The number of para-hydroxylation sites is 2. The van der Waals surface area contributed by atoms with E-state index < -0.39 is 0 Å². The number of hydrogen-bond acceptors (Lipinski definition) is 4. The quantitative estimate of drug-likeness (QED) is 0.787. The van der Waals surface area contributed by atoms with E-state index in [1.54, 1.807) is 21.9 Å². The third-order valence-electron chi connectivity index (χ3n) is 4.90. The lowest BCUT2D eigenvalue weighted by atomic mass is 10.2. The zero-order valence-corrected chi connectivity index (χ0v) is 16.6. The van der Waals surface area contributed by atoms with Crippen molar-refractivity contribution < 1.29 is 19.1 Å². The summed E-state index contributed by atoms with van der Waals surface area (Å²) in [6.07, 6.45) is -0.260. The average molecular weight is 416 g/mol. The minimum atomic E-state index is -0.260. The van der Waals surface area contributed by atoms with Crippen molar-refractivity contribution in [2.75, 3.05) is 32.8 Å². The van der Waals surface area contributed by atoms with Gasteiger partial charge in [-0.2, -0.15) is 0 Å². The summed E-state index contributed by atoms with van der Waals surface area (Å²) >= 11 is 5.90. The maximum atomic E-state index is 12.6. The van der Waals surface area contributed by atoms with Crippen molar-refractivity contribution >= 4 is 23.5 Å². The predicted molar refractivity (Wildman–Crippen MR) is 108 cm³/mol. The number of fused-ring (bicyclic) bond motifs is 1. The summed E-state index contributed by atoms with van der Waals surface area (Å²) < 4.78 is 11.5. The molecule has 2 aliphatic rings. The van der Waals surface area contributed by atoms with Crippen LogP contribution in [0.4, 0.5) is 4.79 Å². The third-order valence-corrected chi connectivity index (χ3v) is 5.15. The second-order valence-electron chi connectivity index (χ2n) is 7.05. The normalized spacial score (nSPS) is 18.1. The Hall–Kier alpha value is -2.93. The number of halogens is 1. The molecule has 1 atom stereocenters. The second kappa shape index (κ2) is 8.61. The Labute approximate surface area is 174 Å². The van der Waals surface area contributed by atoms with Crippen molar-refractivity contribution in [1.82, 2.24) is 15.1 Å². The molecule has 0 bridgehead atoms. The molecule has 8 heteroatoms. The van der Waals surface area contributed by atoms with Crippen LogP contribution in [-0.2, 0) is 11.3 Å². The first-order chi connectivity index (χ1) is 14.1. The minimum absolute atomic E-state index is 0.0279. The Morgan fingerprint density at radius 3 is 2.59 bits per heavy atom. The van der Waals surface area contributed by atoms with E-state index in [4.69, 9.17) is 21.1 Å². The highest BCUT2D eigenvalue weighted by atomic mass is 35.5.